The molecule has 0 spiro atoms. The summed E-state index contributed by atoms with van der Waals surface area (Å²) in [6.07, 6.45) is -5.30. The third-order valence-electron chi connectivity index (χ3n) is 6.00. The van der Waals surface area contributed by atoms with E-state index in [1.807, 2.05) is 36.9 Å². The number of amides is 2. The van der Waals surface area contributed by atoms with Crippen molar-refractivity contribution in [2.24, 2.45) is 0 Å². The van der Waals surface area contributed by atoms with Gasteiger partial charge in [-0.15, -0.1) is 10.2 Å². The fourth-order valence-electron chi connectivity index (χ4n) is 4.11. The monoisotopic (exact) mass is 513 g/mol. The highest BCUT2D eigenvalue weighted by Crippen LogP contribution is 2.32. The molecule has 4 rings (SSSR count). The zero-order chi connectivity index (χ0) is 26.6. The topological polar surface area (TPSA) is 87.7 Å². The van der Waals surface area contributed by atoms with Crippen LogP contribution in [-0.2, 0) is 6.18 Å². The number of ether oxygens (including phenoxy) is 1. The summed E-state index contributed by atoms with van der Waals surface area (Å²) < 4.78 is 45.1. The van der Waals surface area contributed by atoms with E-state index in [0.717, 1.165) is 11.6 Å². The number of carbonyl (C=O) groups is 2. The average molecular weight is 514 g/mol. The number of para-hydroxylation sites is 1. The van der Waals surface area contributed by atoms with Crippen LogP contribution in [0.2, 0.25) is 0 Å². The first-order valence-electron chi connectivity index (χ1n) is 11.8. The number of carbonyl (C=O) groups excluding carboxylic acids is 2. The Morgan fingerprint density at radius 3 is 2.24 bits per heavy atom. The molecule has 11 heteroatoms. The van der Waals surface area contributed by atoms with Crippen LogP contribution in [0.4, 0.5) is 29.5 Å². The van der Waals surface area contributed by atoms with Crippen molar-refractivity contribution in [2.45, 2.75) is 25.9 Å². The highest BCUT2D eigenvalue weighted by molar-refractivity contribution is 5.96. The maximum Gasteiger partial charge on any atom is 0.418 e. The maximum atomic E-state index is 13.3. The lowest BCUT2D eigenvalue weighted by Crippen LogP contribution is -2.49. The molecule has 0 atom stereocenters. The van der Waals surface area contributed by atoms with Crippen LogP contribution in [0.1, 0.15) is 41.3 Å². The quantitative estimate of drug-likeness (QED) is 0.505. The minimum absolute atomic E-state index is 0.0147. The number of rotatable bonds is 5. The van der Waals surface area contributed by atoms with Crippen LogP contribution in [0.15, 0.2) is 60.7 Å². The Bertz CT molecular complexity index is 1260. The lowest BCUT2D eigenvalue weighted by atomic mass is 10.0. The first-order chi connectivity index (χ1) is 17.6. The lowest BCUT2D eigenvalue weighted by molar-refractivity contribution is -0.138. The number of nitrogens with zero attached hydrogens (tertiary/aromatic N) is 4. The predicted molar refractivity (Wildman–Crippen MR) is 132 cm³/mol. The predicted octanol–water partition coefficient (Wildman–Crippen LogP) is 5.19. The number of benzene rings is 2. The summed E-state index contributed by atoms with van der Waals surface area (Å²) in [6, 6.07) is 15.4. The second kappa shape index (κ2) is 10.9. The standard InChI is InChI=1S/C26H26F3N5O3/c1-17(2)18-7-4-6-10-21(18)30-25(36)37-23-12-11-22(31-32-23)33-13-15-34(16-14-33)24(35)19-8-3-5-9-20(19)26(27,28)29/h3-12,17H,13-16H2,1-2H3,(H,30,36). The van der Waals surface area contributed by atoms with E-state index in [-0.39, 0.29) is 30.5 Å². The Morgan fingerprint density at radius 1 is 0.919 bits per heavy atom. The molecule has 1 aliphatic rings. The van der Waals surface area contributed by atoms with Crippen molar-refractivity contribution in [1.29, 1.82) is 0 Å². The van der Waals surface area contributed by atoms with E-state index < -0.39 is 23.7 Å². The smallest absolute Gasteiger partial charge is 0.389 e. The van der Waals surface area contributed by atoms with Gasteiger partial charge >= 0.3 is 12.3 Å². The molecule has 2 heterocycles. The largest absolute Gasteiger partial charge is 0.418 e. The van der Waals surface area contributed by atoms with Crippen molar-refractivity contribution < 1.29 is 27.5 Å². The van der Waals surface area contributed by atoms with Crippen molar-refractivity contribution in [3.8, 4) is 5.88 Å². The summed E-state index contributed by atoms with van der Waals surface area (Å²) in [4.78, 5) is 28.3. The number of halogens is 3. The van der Waals surface area contributed by atoms with Gasteiger partial charge in [0, 0.05) is 37.9 Å². The Balaban J connectivity index is 1.33. The van der Waals surface area contributed by atoms with Crippen LogP contribution in [-0.4, -0.2) is 53.3 Å². The molecule has 1 N–H and O–H groups in total. The summed E-state index contributed by atoms with van der Waals surface area (Å²) in [6.45, 7) is 5.22. The van der Waals surface area contributed by atoms with Crippen molar-refractivity contribution in [3.05, 3.63) is 77.4 Å². The van der Waals surface area contributed by atoms with Gasteiger partial charge in [-0.3, -0.25) is 10.1 Å². The van der Waals surface area contributed by atoms with Gasteiger partial charge in [0.05, 0.1) is 11.1 Å². The van der Waals surface area contributed by atoms with E-state index in [1.54, 1.807) is 12.1 Å². The molecule has 1 aliphatic heterocycles. The molecule has 0 radical (unpaired) electrons. The number of hydrogen-bond donors (Lipinski definition) is 1. The Morgan fingerprint density at radius 2 is 1.59 bits per heavy atom. The van der Waals surface area contributed by atoms with Gasteiger partial charge in [-0.25, -0.2) is 4.79 Å². The second-order valence-corrected chi connectivity index (χ2v) is 8.81. The Hall–Kier alpha value is -4.15. The number of alkyl halides is 3. The lowest BCUT2D eigenvalue weighted by Gasteiger charge is -2.35. The molecule has 3 aromatic rings. The summed E-state index contributed by atoms with van der Waals surface area (Å²) in [7, 11) is 0. The number of hydrogen-bond acceptors (Lipinski definition) is 6. The van der Waals surface area contributed by atoms with Crippen molar-refractivity contribution in [2.75, 3.05) is 36.4 Å². The van der Waals surface area contributed by atoms with Crippen molar-refractivity contribution in [1.82, 2.24) is 15.1 Å². The van der Waals surface area contributed by atoms with Gasteiger partial charge in [0.15, 0.2) is 5.82 Å². The normalized spacial score (nSPS) is 14.0. The van der Waals surface area contributed by atoms with Gasteiger partial charge in [0.2, 0.25) is 5.88 Å². The first-order valence-corrected chi connectivity index (χ1v) is 11.8. The maximum absolute atomic E-state index is 13.3. The number of anilines is 2. The molecule has 1 fully saturated rings. The molecule has 8 nitrogen and oxygen atoms in total. The van der Waals surface area contributed by atoms with E-state index in [2.05, 4.69) is 15.5 Å². The molecule has 37 heavy (non-hydrogen) atoms. The molecular weight excluding hydrogens is 487 g/mol. The third kappa shape index (κ3) is 6.16. The van der Waals surface area contributed by atoms with E-state index in [1.165, 1.54) is 29.2 Å². The summed E-state index contributed by atoms with van der Waals surface area (Å²) in [5.41, 5.74) is 0.317. The highest BCUT2D eigenvalue weighted by Gasteiger charge is 2.36. The van der Waals surface area contributed by atoms with Gasteiger partial charge in [-0.1, -0.05) is 44.2 Å². The fraction of sp³-hybridized carbons (Fsp3) is 0.308. The summed E-state index contributed by atoms with van der Waals surface area (Å²) in [5, 5.41) is 10.8. The van der Waals surface area contributed by atoms with Crippen LogP contribution < -0.4 is 15.0 Å². The Labute approximate surface area is 212 Å². The summed E-state index contributed by atoms with van der Waals surface area (Å²) >= 11 is 0. The van der Waals surface area contributed by atoms with Crippen LogP contribution in [0.5, 0.6) is 5.88 Å². The van der Waals surface area contributed by atoms with E-state index >= 15 is 0 Å². The molecule has 1 saturated heterocycles. The molecule has 0 bridgehead atoms. The van der Waals surface area contributed by atoms with Crippen LogP contribution in [0, 0.1) is 0 Å². The molecule has 0 aliphatic carbocycles. The molecular formula is C26H26F3N5O3. The van der Waals surface area contributed by atoms with Gasteiger partial charge in [0.25, 0.3) is 5.91 Å². The van der Waals surface area contributed by atoms with Crippen molar-refractivity contribution >= 4 is 23.5 Å². The molecule has 2 aromatic carbocycles. The molecule has 194 valence electrons. The zero-order valence-electron chi connectivity index (χ0n) is 20.3. The van der Waals surface area contributed by atoms with Crippen LogP contribution in [0.3, 0.4) is 0 Å². The van der Waals surface area contributed by atoms with Crippen LogP contribution in [0.25, 0.3) is 0 Å². The molecule has 0 unspecified atom stereocenters. The van der Waals surface area contributed by atoms with E-state index in [4.69, 9.17) is 4.74 Å². The minimum atomic E-state index is -4.61. The van der Waals surface area contributed by atoms with Gasteiger partial charge < -0.3 is 14.5 Å². The SMILES string of the molecule is CC(C)c1ccccc1NC(=O)Oc1ccc(N2CCN(C(=O)c3ccccc3C(F)(F)F)CC2)nn1. The number of aromatic nitrogens is 2. The van der Waals surface area contributed by atoms with Crippen molar-refractivity contribution in [3.63, 3.8) is 0 Å². The fourth-order valence-corrected chi connectivity index (χ4v) is 4.11. The molecule has 0 saturated carbocycles. The third-order valence-corrected chi connectivity index (χ3v) is 6.00. The molecule has 1 aromatic heterocycles. The second-order valence-electron chi connectivity index (χ2n) is 8.81. The highest BCUT2D eigenvalue weighted by atomic mass is 19.4. The van der Waals surface area contributed by atoms with Gasteiger partial charge in [-0.2, -0.15) is 13.2 Å². The first kappa shape index (κ1) is 25.9. The van der Waals surface area contributed by atoms with Gasteiger partial charge in [-0.05, 0) is 35.7 Å². The Kier molecular flexibility index (Phi) is 7.61. The van der Waals surface area contributed by atoms with E-state index in [0.29, 0.717) is 24.6 Å². The number of piperazine rings is 1. The summed E-state index contributed by atoms with van der Waals surface area (Å²) in [5.74, 6) is 0.0692. The number of nitrogens with one attached hydrogen (secondary N) is 1. The van der Waals surface area contributed by atoms with Gasteiger partial charge in [0.1, 0.15) is 0 Å². The minimum Gasteiger partial charge on any atom is -0.389 e. The van der Waals surface area contributed by atoms with E-state index in [9.17, 15) is 22.8 Å². The zero-order valence-corrected chi connectivity index (χ0v) is 20.3. The molecule has 2 amide bonds. The average Bonchev–Trinajstić information content (AvgIpc) is 2.88. The van der Waals surface area contributed by atoms with Crippen LogP contribution >= 0.6 is 0 Å².